The van der Waals surface area contributed by atoms with E-state index in [1.165, 1.54) is 42.5 Å². The molecule has 6 nitrogen and oxygen atoms in total. The van der Waals surface area contributed by atoms with E-state index in [0.717, 1.165) is 18.2 Å². The van der Waals surface area contributed by atoms with E-state index in [1.54, 1.807) is 6.92 Å². The summed E-state index contributed by atoms with van der Waals surface area (Å²) >= 11 is 0. The summed E-state index contributed by atoms with van der Waals surface area (Å²) in [7, 11) is 0. The van der Waals surface area contributed by atoms with Crippen molar-refractivity contribution in [1.82, 2.24) is 0 Å². The van der Waals surface area contributed by atoms with E-state index in [1.807, 2.05) is 0 Å². The van der Waals surface area contributed by atoms with Crippen LogP contribution in [-0.4, -0.2) is 29.2 Å². The Hall–Kier alpha value is -3.33. The van der Waals surface area contributed by atoms with Gasteiger partial charge in [-0.05, 0) is 61.4 Å². The molecular weight excluding hydrogens is 403 g/mol. The number of benzene rings is 2. The van der Waals surface area contributed by atoms with E-state index in [0.29, 0.717) is 11.3 Å². The second kappa shape index (κ2) is 9.93. The van der Waals surface area contributed by atoms with Gasteiger partial charge in [0, 0.05) is 6.08 Å². The van der Waals surface area contributed by atoms with Crippen LogP contribution in [-0.2, 0) is 22.2 Å². The minimum Gasteiger partial charge on any atom is -0.487 e. The molecule has 30 heavy (non-hydrogen) atoms. The molecule has 1 unspecified atom stereocenters. The highest BCUT2D eigenvalue weighted by molar-refractivity contribution is 5.79. The molecule has 0 heterocycles. The lowest BCUT2D eigenvalue weighted by Crippen LogP contribution is -2.36. The van der Waals surface area contributed by atoms with Gasteiger partial charge in [-0.25, -0.2) is 9.59 Å². The van der Waals surface area contributed by atoms with Gasteiger partial charge in [-0.15, -0.1) is 0 Å². The highest BCUT2D eigenvalue weighted by Gasteiger charge is 2.30. The van der Waals surface area contributed by atoms with Gasteiger partial charge in [-0.1, -0.05) is 12.1 Å². The molecule has 0 aliphatic heterocycles. The summed E-state index contributed by atoms with van der Waals surface area (Å²) < 4.78 is 48.4. The molecule has 0 saturated heterocycles. The molecular formula is C21H20F3NO5. The molecule has 2 atom stereocenters. The molecule has 9 heteroatoms. The van der Waals surface area contributed by atoms with Gasteiger partial charge < -0.3 is 20.3 Å². The van der Waals surface area contributed by atoms with Crippen molar-refractivity contribution in [2.45, 2.75) is 31.7 Å². The average molecular weight is 423 g/mol. The summed E-state index contributed by atoms with van der Waals surface area (Å²) in [6.45, 7) is 1.66. The van der Waals surface area contributed by atoms with Gasteiger partial charge in [0.2, 0.25) is 0 Å². The molecule has 0 saturated carbocycles. The topological polar surface area (TPSA) is 98.9 Å². The number of carboxylic acid groups (broad SMARTS) is 1. The first kappa shape index (κ1) is 23.0. The Kier molecular flexibility index (Phi) is 7.60. The number of hydrogen-bond donors (Lipinski definition) is 2. The first-order valence-corrected chi connectivity index (χ1v) is 8.86. The summed E-state index contributed by atoms with van der Waals surface area (Å²) in [6.07, 6.45) is -2.55. The van der Waals surface area contributed by atoms with Crippen molar-refractivity contribution in [3.05, 3.63) is 71.8 Å². The molecule has 0 radical (unpaired) electrons. The second-order valence-corrected chi connectivity index (χ2v) is 6.42. The van der Waals surface area contributed by atoms with Gasteiger partial charge >= 0.3 is 18.1 Å². The molecule has 0 amide bonds. The maximum Gasteiger partial charge on any atom is 0.416 e. The molecule has 0 fully saturated rings. The number of rotatable bonds is 8. The van der Waals surface area contributed by atoms with Crippen LogP contribution in [0.4, 0.5) is 13.2 Å². The number of carbonyl (C=O) groups is 2. The Bertz CT molecular complexity index is 892. The standard InChI is InChI=1S/C21H20F3NO5/c1-13(2-11-19(26)27)29-16-7-9-17(10-8-16)30-20(28)18(25)12-14-3-5-15(6-4-14)21(22,23)24/h2-11,13,18H,12,25H2,1H3,(H,26,27)/b11-2+/t13?,18-/m0/s1. The maximum absolute atomic E-state index is 12.6. The maximum atomic E-state index is 12.6. The molecule has 160 valence electrons. The van der Waals surface area contributed by atoms with Crippen LogP contribution in [0.2, 0.25) is 0 Å². The highest BCUT2D eigenvalue weighted by Crippen LogP contribution is 2.29. The number of alkyl halides is 3. The lowest BCUT2D eigenvalue weighted by molar-refractivity contribution is -0.138. The molecule has 2 aromatic carbocycles. The summed E-state index contributed by atoms with van der Waals surface area (Å²) in [5.41, 5.74) is 5.49. The van der Waals surface area contributed by atoms with E-state index in [4.69, 9.17) is 20.3 Å². The van der Waals surface area contributed by atoms with Crippen LogP contribution in [0, 0.1) is 0 Å². The zero-order valence-electron chi connectivity index (χ0n) is 15.9. The predicted molar refractivity (Wildman–Crippen MR) is 102 cm³/mol. The molecule has 0 aliphatic rings. The zero-order valence-corrected chi connectivity index (χ0v) is 15.9. The molecule has 0 spiro atoms. The number of halogens is 3. The van der Waals surface area contributed by atoms with Crippen LogP contribution in [0.1, 0.15) is 18.1 Å². The monoisotopic (exact) mass is 423 g/mol. The molecule has 0 aliphatic carbocycles. The van der Waals surface area contributed by atoms with E-state index in [-0.39, 0.29) is 12.2 Å². The first-order valence-electron chi connectivity index (χ1n) is 8.86. The number of nitrogens with two attached hydrogens (primary N) is 1. The van der Waals surface area contributed by atoms with Crippen LogP contribution >= 0.6 is 0 Å². The second-order valence-electron chi connectivity index (χ2n) is 6.42. The summed E-state index contributed by atoms with van der Waals surface area (Å²) in [4.78, 5) is 22.6. The van der Waals surface area contributed by atoms with Crippen molar-refractivity contribution >= 4 is 11.9 Å². The number of carboxylic acids is 1. The summed E-state index contributed by atoms with van der Waals surface area (Å²) in [6, 6.07) is 9.36. The highest BCUT2D eigenvalue weighted by atomic mass is 19.4. The van der Waals surface area contributed by atoms with Crippen molar-refractivity contribution < 1.29 is 37.3 Å². The number of hydrogen-bond acceptors (Lipinski definition) is 5. The van der Waals surface area contributed by atoms with Crippen molar-refractivity contribution in [1.29, 1.82) is 0 Å². The number of carbonyl (C=O) groups excluding carboxylic acids is 1. The quantitative estimate of drug-likeness (QED) is 0.383. The number of ether oxygens (including phenoxy) is 2. The molecule has 0 bridgehead atoms. The Morgan fingerprint density at radius 3 is 2.17 bits per heavy atom. The van der Waals surface area contributed by atoms with Crippen LogP contribution in [0.25, 0.3) is 0 Å². The summed E-state index contributed by atoms with van der Waals surface area (Å²) in [5, 5.41) is 8.58. The Morgan fingerprint density at radius 2 is 1.63 bits per heavy atom. The minimum atomic E-state index is -4.43. The summed E-state index contributed by atoms with van der Waals surface area (Å²) in [5.74, 6) is -1.17. The average Bonchev–Trinajstić information content (AvgIpc) is 2.67. The van der Waals surface area contributed by atoms with Crippen molar-refractivity contribution in [2.75, 3.05) is 0 Å². The van der Waals surface area contributed by atoms with E-state index < -0.39 is 35.8 Å². The zero-order chi connectivity index (χ0) is 22.3. The Balaban J connectivity index is 1.89. The fourth-order valence-electron chi connectivity index (χ4n) is 2.42. The van der Waals surface area contributed by atoms with Gasteiger partial charge in [0.15, 0.2) is 0 Å². The van der Waals surface area contributed by atoms with E-state index in [2.05, 4.69) is 0 Å². The fraction of sp³-hybridized carbons (Fsp3) is 0.238. The third-order valence-corrected chi connectivity index (χ3v) is 3.91. The van der Waals surface area contributed by atoms with Gasteiger partial charge in [0.25, 0.3) is 0 Å². The lowest BCUT2D eigenvalue weighted by Gasteiger charge is -2.13. The fourth-order valence-corrected chi connectivity index (χ4v) is 2.42. The molecule has 2 aromatic rings. The van der Waals surface area contributed by atoms with Gasteiger partial charge in [0.05, 0.1) is 5.56 Å². The normalized spacial score (nSPS) is 13.6. The minimum absolute atomic E-state index is 0.0194. The van der Waals surface area contributed by atoms with Crippen LogP contribution in [0.15, 0.2) is 60.7 Å². The van der Waals surface area contributed by atoms with Gasteiger partial charge in [-0.2, -0.15) is 13.2 Å². The molecule has 3 N–H and O–H groups in total. The van der Waals surface area contributed by atoms with E-state index in [9.17, 15) is 22.8 Å². The van der Waals surface area contributed by atoms with Crippen LogP contribution in [0.5, 0.6) is 11.5 Å². The largest absolute Gasteiger partial charge is 0.487 e. The number of aliphatic carboxylic acids is 1. The lowest BCUT2D eigenvalue weighted by atomic mass is 10.0. The van der Waals surface area contributed by atoms with Crippen LogP contribution in [0.3, 0.4) is 0 Å². The number of esters is 1. The first-order chi connectivity index (χ1) is 14.0. The van der Waals surface area contributed by atoms with Crippen molar-refractivity contribution in [3.63, 3.8) is 0 Å². The SMILES string of the molecule is CC(/C=C/C(=O)O)Oc1ccc(OC(=O)[C@@H](N)Cc2ccc(C(F)(F)F)cc2)cc1. The van der Waals surface area contributed by atoms with Crippen LogP contribution < -0.4 is 15.2 Å². The van der Waals surface area contributed by atoms with Crippen molar-refractivity contribution in [3.8, 4) is 11.5 Å². The van der Waals surface area contributed by atoms with Crippen molar-refractivity contribution in [2.24, 2.45) is 5.73 Å². The third kappa shape index (κ3) is 7.25. The third-order valence-electron chi connectivity index (χ3n) is 3.91. The Labute approximate surface area is 170 Å². The van der Waals surface area contributed by atoms with E-state index >= 15 is 0 Å². The molecule has 2 rings (SSSR count). The van der Waals surface area contributed by atoms with Gasteiger partial charge in [0.1, 0.15) is 23.6 Å². The Morgan fingerprint density at radius 1 is 1.07 bits per heavy atom. The predicted octanol–water partition coefficient (Wildman–Crippen LogP) is 3.59. The van der Waals surface area contributed by atoms with Gasteiger partial charge in [-0.3, -0.25) is 0 Å². The smallest absolute Gasteiger partial charge is 0.416 e. The molecule has 0 aromatic heterocycles.